The van der Waals surface area contributed by atoms with Gasteiger partial charge in [-0.3, -0.25) is 4.79 Å². The first kappa shape index (κ1) is 16.8. The summed E-state index contributed by atoms with van der Waals surface area (Å²) in [5, 5.41) is 2.90. The van der Waals surface area contributed by atoms with Gasteiger partial charge in [0.25, 0.3) is 0 Å². The molecular formula is C15H23ClN2O2. The van der Waals surface area contributed by atoms with Gasteiger partial charge in [0.2, 0.25) is 5.91 Å². The molecule has 2 rings (SSSR count). The number of benzene rings is 1. The fourth-order valence-corrected chi connectivity index (χ4v) is 2.30. The summed E-state index contributed by atoms with van der Waals surface area (Å²) in [7, 11) is 1.80. The normalized spacial score (nSPS) is 15.6. The molecule has 0 radical (unpaired) electrons. The number of nitrogens with one attached hydrogen (secondary N) is 1. The highest BCUT2D eigenvalue weighted by molar-refractivity contribution is 5.85. The van der Waals surface area contributed by atoms with E-state index in [9.17, 15) is 4.79 Å². The van der Waals surface area contributed by atoms with Gasteiger partial charge in [0.1, 0.15) is 11.9 Å². The SMILES string of the molecule is CNCC(=O)N1CCC(Oc2ccc(C)cc2)CC1.Cl. The number of likely N-dealkylation sites (tertiary alicyclic amines) is 1. The molecule has 0 spiro atoms. The molecular weight excluding hydrogens is 276 g/mol. The Morgan fingerprint density at radius 3 is 2.45 bits per heavy atom. The predicted octanol–water partition coefficient (Wildman–Crippen LogP) is 2.01. The number of halogens is 1. The van der Waals surface area contributed by atoms with Gasteiger partial charge in [-0.05, 0) is 26.1 Å². The highest BCUT2D eigenvalue weighted by Crippen LogP contribution is 2.19. The molecule has 1 aliphatic heterocycles. The van der Waals surface area contributed by atoms with Crippen molar-refractivity contribution in [3.8, 4) is 5.75 Å². The Labute approximate surface area is 126 Å². The van der Waals surface area contributed by atoms with E-state index in [1.807, 2.05) is 17.0 Å². The number of ether oxygens (including phenoxy) is 1. The number of nitrogens with zero attached hydrogens (tertiary/aromatic N) is 1. The van der Waals surface area contributed by atoms with Crippen molar-refractivity contribution < 1.29 is 9.53 Å². The summed E-state index contributed by atoms with van der Waals surface area (Å²) in [4.78, 5) is 13.6. The lowest BCUT2D eigenvalue weighted by atomic mass is 10.1. The van der Waals surface area contributed by atoms with E-state index in [0.29, 0.717) is 6.54 Å². The Bertz CT molecular complexity index is 414. The first-order valence-electron chi connectivity index (χ1n) is 6.84. The minimum Gasteiger partial charge on any atom is -0.490 e. The van der Waals surface area contributed by atoms with Crippen molar-refractivity contribution >= 4 is 18.3 Å². The summed E-state index contributed by atoms with van der Waals surface area (Å²) in [6.07, 6.45) is 2.04. The largest absolute Gasteiger partial charge is 0.490 e. The van der Waals surface area contributed by atoms with Crippen LogP contribution in [0.4, 0.5) is 0 Å². The smallest absolute Gasteiger partial charge is 0.236 e. The fraction of sp³-hybridized carbons (Fsp3) is 0.533. The number of aryl methyl sites for hydroxylation is 1. The lowest BCUT2D eigenvalue weighted by Crippen LogP contribution is -2.44. The number of carbonyl (C=O) groups excluding carboxylic acids is 1. The Hall–Kier alpha value is -1.26. The molecule has 1 amide bonds. The number of carbonyl (C=O) groups is 1. The zero-order valence-corrected chi connectivity index (χ0v) is 12.9. The van der Waals surface area contributed by atoms with E-state index in [1.54, 1.807) is 7.05 Å². The second-order valence-electron chi connectivity index (χ2n) is 5.04. The van der Waals surface area contributed by atoms with Gasteiger partial charge in [0, 0.05) is 25.9 Å². The van der Waals surface area contributed by atoms with Crippen LogP contribution in [0.2, 0.25) is 0 Å². The lowest BCUT2D eigenvalue weighted by Gasteiger charge is -2.32. The molecule has 0 aromatic heterocycles. The van der Waals surface area contributed by atoms with E-state index in [0.717, 1.165) is 31.7 Å². The molecule has 1 fully saturated rings. The maximum atomic E-state index is 11.7. The molecule has 1 saturated heterocycles. The van der Waals surface area contributed by atoms with Crippen LogP contribution in [-0.4, -0.2) is 43.6 Å². The minimum atomic E-state index is 0. The molecule has 1 aromatic rings. The monoisotopic (exact) mass is 298 g/mol. The van der Waals surface area contributed by atoms with E-state index in [-0.39, 0.29) is 24.4 Å². The average Bonchev–Trinajstić information content (AvgIpc) is 2.42. The third-order valence-electron chi connectivity index (χ3n) is 3.45. The van der Waals surface area contributed by atoms with Crippen LogP contribution in [0, 0.1) is 6.92 Å². The van der Waals surface area contributed by atoms with Gasteiger partial charge in [0.05, 0.1) is 6.54 Å². The first-order chi connectivity index (χ1) is 9.19. The lowest BCUT2D eigenvalue weighted by molar-refractivity contribution is -0.131. The van der Waals surface area contributed by atoms with Crippen molar-refractivity contribution in [1.29, 1.82) is 0 Å². The van der Waals surface area contributed by atoms with Crippen LogP contribution in [0.15, 0.2) is 24.3 Å². The average molecular weight is 299 g/mol. The van der Waals surface area contributed by atoms with E-state index in [1.165, 1.54) is 5.56 Å². The summed E-state index contributed by atoms with van der Waals surface area (Å²) in [6.45, 7) is 4.06. The topological polar surface area (TPSA) is 41.6 Å². The van der Waals surface area contributed by atoms with Crippen molar-refractivity contribution in [3.63, 3.8) is 0 Å². The molecule has 1 heterocycles. The van der Waals surface area contributed by atoms with Gasteiger partial charge in [-0.15, -0.1) is 12.4 Å². The molecule has 0 saturated carbocycles. The van der Waals surface area contributed by atoms with Crippen LogP contribution in [0.1, 0.15) is 18.4 Å². The Kier molecular flexibility index (Phi) is 6.82. The number of hydrogen-bond donors (Lipinski definition) is 1. The summed E-state index contributed by atoms with van der Waals surface area (Å²) in [6, 6.07) is 8.13. The first-order valence-corrected chi connectivity index (χ1v) is 6.84. The maximum absolute atomic E-state index is 11.7. The maximum Gasteiger partial charge on any atom is 0.236 e. The third kappa shape index (κ3) is 4.69. The quantitative estimate of drug-likeness (QED) is 0.924. The Balaban J connectivity index is 0.00000200. The summed E-state index contributed by atoms with van der Waals surface area (Å²) >= 11 is 0. The van der Waals surface area contributed by atoms with Gasteiger partial charge in [-0.1, -0.05) is 17.7 Å². The fourth-order valence-electron chi connectivity index (χ4n) is 2.30. The van der Waals surface area contributed by atoms with E-state index in [4.69, 9.17) is 4.74 Å². The standard InChI is InChI=1S/C15H22N2O2.ClH/c1-12-3-5-13(6-4-12)19-14-7-9-17(10-8-14)15(18)11-16-2;/h3-6,14,16H,7-11H2,1-2H3;1H. The second kappa shape index (κ2) is 8.12. The molecule has 0 aliphatic carbocycles. The van der Waals surface area contributed by atoms with Crippen LogP contribution in [-0.2, 0) is 4.79 Å². The Morgan fingerprint density at radius 1 is 1.30 bits per heavy atom. The number of piperidine rings is 1. The highest BCUT2D eigenvalue weighted by Gasteiger charge is 2.23. The number of likely N-dealkylation sites (N-methyl/N-ethyl adjacent to an activating group) is 1. The molecule has 20 heavy (non-hydrogen) atoms. The molecule has 112 valence electrons. The van der Waals surface area contributed by atoms with Crippen LogP contribution in [0.5, 0.6) is 5.75 Å². The van der Waals surface area contributed by atoms with Crippen molar-refractivity contribution in [1.82, 2.24) is 10.2 Å². The van der Waals surface area contributed by atoms with Crippen molar-refractivity contribution in [2.45, 2.75) is 25.9 Å². The van der Waals surface area contributed by atoms with Gasteiger partial charge in [0.15, 0.2) is 0 Å². The van der Waals surface area contributed by atoms with Crippen LogP contribution in [0.25, 0.3) is 0 Å². The van der Waals surface area contributed by atoms with Gasteiger partial charge in [-0.25, -0.2) is 0 Å². The molecule has 1 N–H and O–H groups in total. The van der Waals surface area contributed by atoms with Crippen LogP contribution in [0.3, 0.4) is 0 Å². The minimum absolute atomic E-state index is 0. The van der Waals surface area contributed by atoms with Crippen molar-refractivity contribution in [2.75, 3.05) is 26.7 Å². The zero-order valence-electron chi connectivity index (χ0n) is 12.1. The van der Waals surface area contributed by atoms with Crippen LogP contribution >= 0.6 is 12.4 Å². The van der Waals surface area contributed by atoms with Crippen LogP contribution < -0.4 is 10.1 Å². The predicted molar refractivity (Wildman–Crippen MR) is 82.6 cm³/mol. The second-order valence-corrected chi connectivity index (χ2v) is 5.04. The molecule has 1 aliphatic rings. The summed E-state index contributed by atoms with van der Waals surface area (Å²) < 4.78 is 5.94. The number of amides is 1. The summed E-state index contributed by atoms with van der Waals surface area (Å²) in [5.74, 6) is 1.10. The number of hydrogen-bond acceptors (Lipinski definition) is 3. The van der Waals surface area contributed by atoms with E-state index in [2.05, 4.69) is 24.4 Å². The molecule has 5 heteroatoms. The van der Waals surface area contributed by atoms with Crippen molar-refractivity contribution in [2.24, 2.45) is 0 Å². The molecule has 0 bridgehead atoms. The third-order valence-corrected chi connectivity index (χ3v) is 3.45. The molecule has 0 unspecified atom stereocenters. The highest BCUT2D eigenvalue weighted by atomic mass is 35.5. The van der Waals surface area contributed by atoms with Gasteiger partial charge in [-0.2, -0.15) is 0 Å². The molecule has 4 nitrogen and oxygen atoms in total. The van der Waals surface area contributed by atoms with Gasteiger partial charge >= 0.3 is 0 Å². The van der Waals surface area contributed by atoms with E-state index < -0.39 is 0 Å². The molecule has 0 atom stereocenters. The summed E-state index contributed by atoms with van der Waals surface area (Å²) in [5.41, 5.74) is 1.24. The zero-order chi connectivity index (χ0) is 13.7. The number of rotatable bonds is 4. The Morgan fingerprint density at radius 2 is 1.90 bits per heavy atom. The van der Waals surface area contributed by atoms with Gasteiger partial charge < -0.3 is 15.0 Å². The van der Waals surface area contributed by atoms with Crippen molar-refractivity contribution in [3.05, 3.63) is 29.8 Å². The van der Waals surface area contributed by atoms with E-state index >= 15 is 0 Å². The molecule has 1 aromatic carbocycles.